The number of hydrogen-bond donors (Lipinski definition) is 0. The van der Waals surface area contributed by atoms with E-state index in [2.05, 4.69) is 66.4 Å². The van der Waals surface area contributed by atoms with Gasteiger partial charge in [-0.15, -0.1) is 0 Å². The summed E-state index contributed by atoms with van der Waals surface area (Å²) in [4.78, 5) is 2.48. The van der Waals surface area contributed by atoms with Crippen LogP contribution in [0.2, 0.25) is 0 Å². The highest BCUT2D eigenvalue weighted by Crippen LogP contribution is 2.25. The topological polar surface area (TPSA) is 21.7 Å². The Morgan fingerprint density at radius 1 is 0.963 bits per heavy atom. The second-order valence-corrected chi connectivity index (χ2v) is 7.41. The zero-order chi connectivity index (χ0) is 18.7. The molecule has 2 aromatic carbocycles. The zero-order valence-electron chi connectivity index (χ0n) is 16.6. The lowest BCUT2D eigenvalue weighted by atomic mass is 10.1. The van der Waals surface area contributed by atoms with E-state index in [1.807, 2.05) is 0 Å². The fourth-order valence-electron chi connectivity index (χ4n) is 3.56. The summed E-state index contributed by atoms with van der Waals surface area (Å²) in [6, 6.07) is 19.2. The van der Waals surface area contributed by atoms with Crippen molar-refractivity contribution in [2.45, 2.75) is 51.7 Å². The van der Waals surface area contributed by atoms with Crippen molar-refractivity contribution in [1.29, 1.82) is 0 Å². The predicted molar refractivity (Wildman–Crippen MR) is 111 cm³/mol. The van der Waals surface area contributed by atoms with E-state index in [0.717, 1.165) is 45.0 Å². The summed E-state index contributed by atoms with van der Waals surface area (Å²) in [7, 11) is 0. The van der Waals surface area contributed by atoms with E-state index >= 15 is 0 Å². The van der Waals surface area contributed by atoms with Gasteiger partial charge in [0.25, 0.3) is 0 Å². The first kappa shape index (κ1) is 19.9. The van der Waals surface area contributed by atoms with E-state index in [4.69, 9.17) is 9.47 Å². The van der Waals surface area contributed by atoms with Crippen LogP contribution in [0, 0.1) is 0 Å². The molecule has 0 radical (unpaired) electrons. The van der Waals surface area contributed by atoms with E-state index in [1.165, 1.54) is 36.8 Å². The van der Waals surface area contributed by atoms with Gasteiger partial charge in [0, 0.05) is 19.6 Å². The molecule has 3 heteroatoms. The molecule has 27 heavy (non-hydrogen) atoms. The number of rotatable bonds is 10. The minimum absolute atomic E-state index is 0.144. The Labute approximate surface area is 164 Å². The number of morpholine rings is 1. The summed E-state index contributed by atoms with van der Waals surface area (Å²) in [5.41, 5.74) is 2.60. The van der Waals surface area contributed by atoms with E-state index in [9.17, 15) is 0 Å². The van der Waals surface area contributed by atoms with Crippen LogP contribution in [-0.2, 0) is 11.3 Å². The zero-order valence-corrected chi connectivity index (χ0v) is 16.6. The second kappa shape index (κ2) is 11.1. The van der Waals surface area contributed by atoms with Crippen LogP contribution < -0.4 is 4.74 Å². The van der Waals surface area contributed by atoms with E-state index < -0.39 is 0 Å². The molecule has 1 aliphatic rings. The third-order valence-electron chi connectivity index (χ3n) is 5.17. The molecule has 1 atom stereocenters. The van der Waals surface area contributed by atoms with Crippen molar-refractivity contribution < 1.29 is 9.47 Å². The van der Waals surface area contributed by atoms with Crippen LogP contribution in [0.15, 0.2) is 54.6 Å². The molecule has 0 saturated carbocycles. The Hall–Kier alpha value is -1.84. The van der Waals surface area contributed by atoms with Crippen LogP contribution in [-0.4, -0.2) is 31.2 Å². The van der Waals surface area contributed by atoms with Gasteiger partial charge in [-0.2, -0.15) is 0 Å². The molecule has 2 aromatic rings. The number of unbranched alkanes of at least 4 members (excludes halogenated alkanes) is 4. The molecule has 146 valence electrons. The Morgan fingerprint density at radius 3 is 2.52 bits per heavy atom. The van der Waals surface area contributed by atoms with Crippen molar-refractivity contribution in [3.8, 4) is 5.75 Å². The maximum atomic E-state index is 6.03. The van der Waals surface area contributed by atoms with Crippen molar-refractivity contribution in [2.75, 3.05) is 26.3 Å². The molecule has 1 heterocycles. The largest absolute Gasteiger partial charge is 0.494 e. The van der Waals surface area contributed by atoms with Gasteiger partial charge in [0.15, 0.2) is 0 Å². The molecule has 3 nitrogen and oxygen atoms in total. The minimum atomic E-state index is 0.144. The SMILES string of the molecule is CCCCCCCOc1ccc(C2CN(Cc3ccccc3)CCO2)cc1. The molecule has 0 aromatic heterocycles. The van der Waals surface area contributed by atoms with E-state index in [-0.39, 0.29) is 6.10 Å². The minimum Gasteiger partial charge on any atom is -0.494 e. The smallest absolute Gasteiger partial charge is 0.119 e. The second-order valence-electron chi connectivity index (χ2n) is 7.41. The molecule has 1 aliphatic heterocycles. The molecule has 0 spiro atoms. The van der Waals surface area contributed by atoms with Gasteiger partial charge in [0.05, 0.1) is 19.3 Å². The van der Waals surface area contributed by atoms with Gasteiger partial charge in [-0.1, -0.05) is 75.1 Å². The van der Waals surface area contributed by atoms with Crippen molar-refractivity contribution in [3.05, 3.63) is 65.7 Å². The lowest BCUT2D eigenvalue weighted by Gasteiger charge is -2.33. The summed E-state index contributed by atoms with van der Waals surface area (Å²) in [5, 5.41) is 0. The quantitative estimate of drug-likeness (QED) is 0.510. The molecule has 3 rings (SSSR count). The van der Waals surface area contributed by atoms with Gasteiger partial charge in [-0.05, 0) is 29.7 Å². The highest BCUT2D eigenvalue weighted by molar-refractivity contribution is 5.29. The molecule has 1 saturated heterocycles. The van der Waals surface area contributed by atoms with Crippen LogP contribution in [0.5, 0.6) is 5.75 Å². The average Bonchev–Trinajstić information content (AvgIpc) is 2.72. The standard InChI is InChI=1S/C24H33NO2/c1-2-3-4-5-9-17-26-23-14-12-22(13-15-23)24-20-25(16-18-27-24)19-21-10-7-6-8-11-21/h6-8,10-15,24H,2-5,9,16-20H2,1H3. The van der Waals surface area contributed by atoms with Gasteiger partial charge < -0.3 is 9.47 Å². The van der Waals surface area contributed by atoms with Crippen LogP contribution in [0.3, 0.4) is 0 Å². The summed E-state index contributed by atoms with van der Waals surface area (Å²) < 4.78 is 11.9. The Bertz CT molecular complexity index is 641. The highest BCUT2D eigenvalue weighted by Gasteiger charge is 2.22. The molecular weight excluding hydrogens is 334 g/mol. The predicted octanol–water partition coefficient (Wildman–Crippen LogP) is 5.61. The number of nitrogens with zero attached hydrogens (tertiary/aromatic N) is 1. The normalized spacial score (nSPS) is 17.7. The van der Waals surface area contributed by atoms with Crippen molar-refractivity contribution in [3.63, 3.8) is 0 Å². The van der Waals surface area contributed by atoms with Gasteiger partial charge >= 0.3 is 0 Å². The Balaban J connectivity index is 1.45. The fourth-order valence-corrected chi connectivity index (χ4v) is 3.56. The van der Waals surface area contributed by atoms with Crippen LogP contribution in [0.1, 0.15) is 56.3 Å². The maximum absolute atomic E-state index is 6.03. The van der Waals surface area contributed by atoms with Crippen LogP contribution in [0.4, 0.5) is 0 Å². The molecular formula is C24H33NO2. The van der Waals surface area contributed by atoms with Crippen molar-refractivity contribution in [2.24, 2.45) is 0 Å². The summed E-state index contributed by atoms with van der Waals surface area (Å²) in [6.07, 6.45) is 6.48. The Morgan fingerprint density at radius 2 is 1.74 bits per heavy atom. The summed E-state index contributed by atoms with van der Waals surface area (Å²) in [6.45, 7) is 6.76. The lowest BCUT2D eigenvalue weighted by Crippen LogP contribution is -2.37. The first-order valence-electron chi connectivity index (χ1n) is 10.5. The first-order valence-corrected chi connectivity index (χ1v) is 10.5. The monoisotopic (exact) mass is 367 g/mol. The highest BCUT2D eigenvalue weighted by atomic mass is 16.5. The van der Waals surface area contributed by atoms with Gasteiger partial charge in [0.1, 0.15) is 5.75 Å². The third-order valence-corrected chi connectivity index (χ3v) is 5.17. The third kappa shape index (κ3) is 6.67. The van der Waals surface area contributed by atoms with Crippen LogP contribution >= 0.6 is 0 Å². The van der Waals surface area contributed by atoms with Gasteiger partial charge in [0.2, 0.25) is 0 Å². The average molecular weight is 368 g/mol. The summed E-state index contributed by atoms with van der Waals surface area (Å²) >= 11 is 0. The molecule has 0 bridgehead atoms. The van der Waals surface area contributed by atoms with Gasteiger partial charge in [-0.3, -0.25) is 4.90 Å². The first-order chi connectivity index (χ1) is 13.3. The molecule has 0 amide bonds. The van der Waals surface area contributed by atoms with E-state index in [0.29, 0.717) is 0 Å². The number of ether oxygens (including phenoxy) is 2. The lowest BCUT2D eigenvalue weighted by molar-refractivity contribution is -0.0329. The molecule has 0 N–H and O–H groups in total. The van der Waals surface area contributed by atoms with Crippen molar-refractivity contribution >= 4 is 0 Å². The molecule has 1 unspecified atom stereocenters. The number of benzene rings is 2. The Kier molecular flexibility index (Phi) is 8.19. The molecule has 1 fully saturated rings. The van der Waals surface area contributed by atoms with Crippen LogP contribution in [0.25, 0.3) is 0 Å². The maximum Gasteiger partial charge on any atom is 0.119 e. The van der Waals surface area contributed by atoms with Gasteiger partial charge in [-0.25, -0.2) is 0 Å². The van der Waals surface area contributed by atoms with Crippen molar-refractivity contribution in [1.82, 2.24) is 4.90 Å². The fraction of sp³-hybridized carbons (Fsp3) is 0.500. The van der Waals surface area contributed by atoms with E-state index in [1.54, 1.807) is 0 Å². The molecule has 0 aliphatic carbocycles. The summed E-state index contributed by atoms with van der Waals surface area (Å²) in [5.74, 6) is 0.964. The number of hydrogen-bond acceptors (Lipinski definition) is 3.